The minimum absolute atomic E-state index is 0.000243. The van der Waals surface area contributed by atoms with E-state index in [0.717, 1.165) is 12.8 Å². The van der Waals surface area contributed by atoms with Gasteiger partial charge in [-0.2, -0.15) is 0 Å². The fraction of sp³-hybridized carbons (Fsp3) is 0.882. The predicted octanol–water partition coefficient (Wildman–Crippen LogP) is 2.18. The van der Waals surface area contributed by atoms with Gasteiger partial charge in [0.1, 0.15) is 11.6 Å². The summed E-state index contributed by atoms with van der Waals surface area (Å²) in [7, 11) is 0. The summed E-state index contributed by atoms with van der Waals surface area (Å²) < 4.78 is 0. The number of hydrogen-bond donors (Lipinski definition) is 1. The van der Waals surface area contributed by atoms with Crippen LogP contribution in [-0.4, -0.2) is 34.8 Å². The van der Waals surface area contributed by atoms with E-state index >= 15 is 0 Å². The van der Waals surface area contributed by atoms with Crippen LogP contribution in [0.2, 0.25) is 0 Å². The van der Waals surface area contributed by atoms with Crippen LogP contribution in [0.3, 0.4) is 0 Å². The molecule has 3 aliphatic rings. The van der Waals surface area contributed by atoms with E-state index in [1.807, 2.05) is 18.7 Å². The third-order valence-corrected chi connectivity index (χ3v) is 7.03. The van der Waals surface area contributed by atoms with E-state index in [9.17, 15) is 9.59 Å². The Balaban J connectivity index is 1.83. The van der Waals surface area contributed by atoms with Gasteiger partial charge in [-0.1, -0.05) is 27.7 Å². The largest absolute Gasteiger partial charge is 0.340 e. The quantitative estimate of drug-likeness (QED) is 0.867. The van der Waals surface area contributed by atoms with Crippen LogP contribution in [0.5, 0.6) is 0 Å². The molecule has 21 heavy (non-hydrogen) atoms. The van der Waals surface area contributed by atoms with Crippen molar-refractivity contribution in [3.8, 4) is 0 Å². The van der Waals surface area contributed by atoms with E-state index in [2.05, 4.69) is 33.0 Å². The molecule has 0 aromatic carbocycles. The summed E-state index contributed by atoms with van der Waals surface area (Å²) in [4.78, 5) is 27.1. The van der Waals surface area contributed by atoms with Crippen molar-refractivity contribution >= 4 is 11.8 Å². The van der Waals surface area contributed by atoms with Crippen LogP contribution in [0, 0.1) is 22.7 Å². The van der Waals surface area contributed by atoms with Crippen LogP contribution < -0.4 is 5.32 Å². The maximum Gasteiger partial charge on any atom is 0.249 e. The van der Waals surface area contributed by atoms with E-state index in [1.54, 1.807) is 0 Å². The Morgan fingerprint density at radius 2 is 1.62 bits per heavy atom. The topological polar surface area (TPSA) is 49.4 Å². The molecule has 1 N–H and O–H groups in total. The Kier molecular flexibility index (Phi) is 2.84. The van der Waals surface area contributed by atoms with Gasteiger partial charge >= 0.3 is 0 Å². The lowest BCUT2D eigenvalue weighted by molar-refractivity contribution is -0.155. The molecule has 2 atom stereocenters. The normalized spacial score (nSPS) is 38.4. The number of nitrogens with zero attached hydrogens (tertiary/aromatic N) is 1. The molecule has 1 saturated heterocycles. The first kappa shape index (κ1) is 14.9. The highest BCUT2D eigenvalue weighted by atomic mass is 16.2. The number of rotatable bonds is 3. The van der Waals surface area contributed by atoms with Crippen molar-refractivity contribution in [3.63, 3.8) is 0 Å². The smallest absolute Gasteiger partial charge is 0.249 e. The van der Waals surface area contributed by atoms with Crippen molar-refractivity contribution in [1.29, 1.82) is 0 Å². The Bertz CT molecular complexity index is 493. The zero-order chi connectivity index (χ0) is 15.8. The van der Waals surface area contributed by atoms with E-state index in [1.165, 1.54) is 0 Å². The maximum absolute atomic E-state index is 13.0. The van der Waals surface area contributed by atoms with Gasteiger partial charge in [0.2, 0.25) is 11.8 Å². The Hall–Kier alpha value is -1.06. The van der Waals surface area contributed by atoms with Gasteiger partial charge in [-0.25, -0.2) is 0 Å². The summed E-state index contributed by atoms with van der Waals surface area (Å²) in [6, 6.07) is -0.350. The summed E-state index contributed by atoms with van der Waals surface area (Å²) >= 11 is 0. The minimum atomic E-state index is -0.674. The molecule has 4 nitrogen and oxygen atoms in total. The number of nitrogens with one attached hydrogen (secondary N) is 1. The van der Waals surface area contributed by atoms with Crippen molar-refractivity contribution in [2.75, 3.05) is 6.54 Å². The fourth-order valence-electron chi connectivity index (χ4n) is 4.19. The van der Waals surface area contributed by atoms with Crippen LogP contribution in [0.4, 0.5) is 0 Å². The molecule has 3 fully saturated rings. The van der Waals surface area contributed by atoms with Crippen molar-refractivity contribution in [2.45, 2.75) is 66.0 Å². The van der Waals surface area contributed by atoms with Gasteiger partial charge in [0.25, 0.3) is 0 Å². The summed E-state index contributed by atoms with van der Waals surface area (Å²) in [6.07, 6.45) is 2.09. The highest BCUT2D eigenvalue weighted by Crippen LogP contribution is 2.68. The lowest BCUT2D eigenvalue weighted by atomic mass is 9.89. The van der Waals surface area contributed by atoms with Crippen molar-refractivity contribution in [1.82, 2.24) is 10.2 Å². The molecule has 118 valence electrons. The van der Waals surface area contributed by atoms with Gasteiger partial charge in [0, 0.05) is 6.54 Å². The summed E-state index contributed by atoms with van der Waals surface area (Å²) in [5, 5.41) is 2.99. The summed E-state index contributed by atoms with van der Waals surface area (Å²) in [5.74, 6) is 0.908. The van der Waals surface area contributed by atoms with E-state index < -0.39 is 5.54 Å². The molecule has 0 radical (unpaired) electrons. The number of carbonyl (C=O) groups is 2. The molecule has 2 saturated carbocycles. The van der Waals surface area contributed by atoms with Gasteiger partial charge in [0.05, 0.1) is 0 Å². The summed E-state index contributed by atoms with van der Waals surface area (Å²) in [6.45, 7) is 13.5. The van der Waals surface area contributed by atoms with Crippen LogP contribution in [0.1, 0.15) is 54.4 Å². The Labute approximate surface area is 127 Å². The number of piperazine rings is 1. The first-order valence-corrected chi connectivity index (χ1v) is 8.16. The first-order chi connectivity index (χ1) is 9.53. The molecular formula is C17H28N2O2. The second kappa shape index (κ2) is 4.02. The molecule has 1 heterocycles. The second-order valence-corrected chi connectivity index (χ2v) is 8.60. The average Bonchev–Trinajstić information content (AvgIpc) is 3.25. The maximum atomic E-state index is 13.0. The lowest BCUT2D eigenvalue weighted by Crippen LogP contribution is -2.69. The van der Waals surface area contributed by atoms with Crippen molar-refractivity contribution in [2.24, 2.45) is 22.7 Å². The number of amides is 2. The third-order valence-electron chi connectivity index (χ3n) is 7.03. The third kappa shape index (κ3) is 1.87. The molecular weight excluding hydrogens is 264 g/mol. The van der Waals surface area contributed by atoms with Gasteiger partial charge in [-0.15, -0.1) is 0 Å². The van der Waals surface area contributed by atoms with E-state index in [-0.39, 0.29) is 28.7 Å². The molecule has 0 bridgehead atoms. The second-order valence-electron chi connectivity index (χ2n) is 8.60. The van der Waals surface area contributed by atoms with Crippen LogP contribution in [0.15, 0.2) is 0 Å². The fourth-order valence-corrected chi connectivity index (χ4v) is 4.19. The monoisotopic (exact) mass is 292 g/mol. The number of carbonyl (C=O) groups excluding carboxylic acids is 2. The van der Waals surface area contributed by atoms with Gasteiger partial charge < -0.3 is 10.2 Å². The first-order valence-electron chi connectivity index (χ1n) is 8.16. The highest BCUT2D eigenvalue weighted by Gasteiger charge is 2.66. The van der Waals surface area contributed by atoms with Gasteiger partial charge in [-0.05, 0) is 49.4 Å². The number of hydrogen-bond acceptors (Lipinski definition) is 2. The average molecular weight is 292 g/mol. The molecule has 2 aliphatic carbocycles. The van der Waals surface area contributed by atoms with Crippen LogP contribution in [-0.2, 0) is 9.59 Å². The van der Waals surface area contributed by atoms with E-state index in [4.69, 9.17) is 0 Å². The summed E-state index contributed by atoms with van der Waals surface area (Å²) in [5.41, 5.74) is -0.208. The van der Waals surface area contributed by atoms with Gasteiger partial charge in [0.15, 0.2) is 0 Å². The predicted molar refractivity (Wildman–Crippen MR) is 81.5 cm³/mol. The van der Waals surface area contributed by atoms with Crippen molar-refractivity contribution in [3.05, 3.63) is 0 Å². The molecule has 2 unspecified atom stereocenters. The Morgan fingerprint density at radius 1 is 1.10 bits per heavy atom. The molecule has 0 spiro atoms. The van der Waals surface area contributed by atoms with Gasteiger partial charge in [-0.3, -0.25) is 9.59 Å². The zero-order valence-corrected chi connectivity index (χ0v) is 14.1. The standard InChI is InChI=1S/C17H28N2O2/c1-10-13(20)18-17(6,11-7-8-11)14(21)19(10)9-12-15(2,3)16(12,4)5/h10-12H,7-9H2,1-6H3,(H,18,20). The van der Waals surface area contributed by atoms with Crippen LogP contribution in [0.25, 0.3) is 0 Å². The molecule has 0 aromatic rings. The SMILES string of the molecule is CC1C(=O)NC(C)(C2CC2)C(=O)N1CC1C(C)(C)C1(C)C. The molecule has 0 aromatic heterocycles. The van der Waals surface area contributed by atoms with Crippen LogP contribution >= 0.6 is 0 Å². The molecule has 2 amide bonds. The molecule has 1 aliphatic heterocycles. The zero-order valence-electron chi connectivity index (χ0n) is 14.1. The van der Waals surface area contributed by atoms with Crippen molar-refractivity contribution < 1.29 is 9.59 Å². The highest BCUT2D eigenvalue weighted by molar-refractivity contribution is 5.99. The Morgan fingerprint density at radius 3 is 2.05 bits per heavy atom. The van der Waals surface area contributed by atoms with E-state index in [0.29, 0.717) is 18.4 Å². The lowest BCUT2D eigenvalue weighted by Gasteiger charge is -2.44. The minimum Gasteiger partial charge on any atom is -0.340 e. The molecule has 4 heteroatoms. The molecule has 3 rings (SSSR count).